The third-order valence-electron chi connectivity index (χ3n) is 6.58. The highest BCUT2D eigenvalue weighted by atomic mass is 32.2. The second kappa shape index (κ2) is 9.56. The maximum absolute atomic E-state index is 13.2. The lowest BCUT2D eigenvalue weighted by Gasteiger charge is -2.31. The van der Waals surface area contributed by atoms with Crippen LogP contribution in [0.2, 0.25) is 0 Å². The zero-order chi connectivity index (χ0) is 23.7. The van der Waals surface area contributed by atoms with Crippen molar-refractivity contribution in [2.45, 2.75) is 43.4 Å². The number of amides is 1. The minimum atomic E-state index is -3.78. The highest BCUT2D eigenvalue weighted by molar-refractivity contribution is 7.89. The first-order valence-corrected chi connectivity index (χ1v) is 13.9. The van der Waals surface area contributed by atoms with Crippen LogP contribution in [0.3, 0.4) is 0 Å². The summed E-state index contributed by atoms with van der Waals surface area (Å²) in [5.41, 5.74) is 4.67. The van der Waals surface area contributed by atoms with Crippen molar-refractivity contribution in [3.63, 3.8) is 0 Å². The first-order chi connectivity index (χ1) is 16.4. The number of carbonyl (C=O) groups excluding carboxylic acids is 1. The number of nitrogens with one attached hydrogen (secondary N) is 1. The highest BCUT2D eigenvalue weighted by Crippen LogP contribution is 2.30. The van der Waals surface area contributed by atoms with Crippen molar-refractivity contribution in [1.29, 1.82) is 0 Å². The fourth-order valence-electron chi connectivity index (χ4n) is 4.69. The lowest BCUT2D eigenvalue weighted by molar-refractivity contribution is -0.120. The molecule has 178 valence electrons. The molecule has 0 saturated carbocycles. The molecule has 0 bridgehead atoms. The van der Waals surface area contributed by atoms with Gasteiger partial charge < -0.3 is 5.32 Å². The van der Waals surface area contributed by atoms with E-state index in [4.69, 9.17) is 0 Å². The second-order valence-corrected chi connectivity index (χ2v) is 11.7. The Labute approximate surface area is 202 Å². The minimum absolute atomic E-state index is 0.0320. The molecule has 3 aromatic rings. The molecule has 1 aliphatic heterocycles. The molecule has 1 N–H and O–H groups in total. The van der Waals surface area contributed by atoms with Crippen LogP contribution in [-0.2, 0) is 27.7 Å². The Bertz CT molecular complexity index is 1310. The lowest BCUT2D eigenvalue weighted by Crippen LogP contribution is -2.43. The smallest absolute Gasteiger partial charge is 0.243 e. The topological polar surface area (TPSA) is 79.4 Å². The number of carbonyl (C=O) groups is 1. The van der Waals surface area contributed by atoms with E-state index >= 15 is 0 Å². The van der Waals surface area contributed by atoms with Gasteiger partial charge in [0.25, 0.3) is 0 Å². The summed E-state index contributed by atoms with van der Waals surface area (Å²) in [5, 5.41) is 5.33. The van der Waals surface area contributed by atoms with E-state index in [1.807, 2.05) is 5.38 Å². The first-order valence-electron chi connectivity index (χ1n) is 11.5. The number of aromatic nitrogens is 1. The van der Waals surface area contributed by atoms with Gasteiger partial charge in [0.15, 0.2) is 5.13 Å². The summed E-state index contributed by atoms with van der Waals surface area (Å²) in [6.07, 6.45) is 5.85. The third-order valence-corrected chi connectivity index (χ3v) is 9.22. The molecule has 2 aliphatic rings. The molecule has 2 heterocycles. The Morgan fingerprint density at radius 1 is 1.06 bits per heavy atom. The Morgan fingerprint density at radius 3 is 2.62 bits per heavy atom. The van der Waals surface area contributed by atoms with Crippen LogP contribution in [0.1, 0.15) is 36.8 Å². The largest absolute Gasteiger partial charge is 0.302 e. The first kappa shape index (κ1) is 23.1. The van der Waals surface area contributed by atoms with Crippen molar-refractivity contribution >= 4 is 32.4 Å². The highest BCUT2D eigenvalue weighted by Gasteiger charge is 2.33. The van der Waals surface area contributed by atoms with Gasteiger partial charge in [0, 0.05) is 24.0 Å². The molecule has 1 atom stereocenters. The van der Waals surface area contributed by atoms with Crippen LogP contribution in [0.5, 0.6) is 0 Å². The van der Waals surface area contributed by atoms with Gasteiger partial charge in [-0.25, -0.2) is 17.8 Å². The van der Waals surface area contributed by atoms with Gasteiger partial charge in [0.05, 0.1) is 16.5 Å². The number of anilines is 1. The summed E-state index contributed by atoms with van der Waals surface area (Å²) in [5.74, 6) is -1.20. The molecule has 0 spiro atoms. The molecule has 34 heavy (non-hydrogen) atoms. The number of hydrogen-bond donors (Lipinski definition) is 1. The van der Waals surface area contributed by atoms with Crippen molar-refractivity contribution in [2.24, 2.45) is 5.92 Å². The summed E-state index contributed by atoms with van der Waals surface area (Å²) in [7, 11) is -3.78. The average Bonchev–Trinajstić information content (AvgIpc) is 3.32. The van der Waals surface area contributed by atoms with Crippen molar-refractivity contribution < 1.29 is 17.6 Å². The van der Waals surface area contributed by atoms with Gasteiger partial charge in [-0.15, -0.1) is 11.3 Å². The van der Waals surface area contributed by atoms with Crippen LogP contribution in [0.15, 0.2) is 52.7 Å². The molecule has 1 aromatic heterocycles. The van der Waals surface area contributed by atoms with E-state index in [-0.39, 0.29) is 17.3 Å². The lowest BCUT2D eigenvalue weighted by atomic mass is 9.90. The van der Waals surface area contributed by atoms with E-state index in [2.05, 4.69) is 28.5 Å². The van der Waals surface area contributed by atoms with Gasteiger partial charge in [-0.3, -0.25) is 4.79 Å². The van der Waals surface area contributed by atoms with Gasteiger partial charge >= 0.3 is 0 Å². The molecule has 1 amide bonds. The van der Waals surface area contributed by atoms with Gasteiger partial charge in [-0.2, -0.15) is 4.31 Å². The van der Waals surface area contributed by atoms with Gasteiger partial charge in [-0.05, 0) is 80.0 Å². The number of thiazole rings is 1. The Balaban J connectivity index is 1.26. The molecule has 1 aliphatic carbocycles. The zero-order valence-corrected chi connectivity index (χ0v) is 20.3. The van der Waals surface area contributed by atoms with Gasteiger partial charge in [0.2, 0.25) is 15.9 Å². The number of nitrogens with zero attached hydrogens (tertiary/aromatic N) is 2. The van der Waals surface area contributed by atoms with Crippen LogP contribution in [0.25, 0.3) is 11.3 Å². The Hall–Kier alpha value is -2.62. The zero-order valence-electron chi connectivity index (χ0n) is 18.7. The van der Waals surface area contributed by atoms with Gasteiger partial charge in [-0.1, -0.05) is 12.1 Å². The quantitative estimate of drug-likeness (QED) is 0.543. The Morgan fingerprint density at radius 2 is 1.82 bits per heavy atom. The SMILES string of the molecule is O=C(Nc1nc(-c2ccc3c(c2)CCCC3)cs1)C1CCCN(S(=O)(=O)c2ccc(F)cc2)C1. The molecule has 1 fully saturated rings. The summed E-state index contributed by atoms with van der Waals surface area (Å²) in [4.78, 5) is 17.6. The number of aryl methyl sites for hydroxylation is 2. The van der Waals surface area contributed by atoms with Crippen LogP contribution in [-0.4, -0.2) is 36.7 Å². The number of benzene rings is 2. The molecule has 6 nitrogen and oxygen atoms in total. The summed E-state index contributed by atoms with van der Waals surface area (Å²) < 4.78 is 40.4. The molecular formula is C25H26FN3O3S2. The fraction of sp³-hybridized carbons (Fsp3) is 0.360. The number of fused-ring (bicyclic) bond motifs is 1. The van der Waals surface area contributed by atoms with E-state index in [0.29, 0.717) is 24.5 Å². The van der Waals surface area contributed by atoms with Crippen molar-refractivity contribution in [3.05, 3.63) is 64.8 Å². The Kier molecular flexibility index (Phi) is 6.50. The minimum Gasteiger partial charge on any atom is -0.302 e. The number of rotatable bonds is 5. The monoisotopic (exact) mass is 499 g/mol. The predicted molar refractivity (Wildman–Crippen MR) is 131 cm³/mol. The van der Waals surface area contributed by atoms with Crippen LogP contribution in [0.4, 0.5) is 9.52 Å². The van der Waals surface area contributed by atoms with Crippen molar-refractivity contribution in [3.8, 4) is 11.3 Å². The maximum atomic E-state index is 13.2. The van der Waals surface area contributed by atoms with E-state index in [1.54, 1.807) is 0 Å². The molecule has 1 saturated heterocycles. The second-order valence-electron chi connectivity index (χ2n) is 8.87. The van der Waals surface area contributed by atoms with E-state index < -0.39 is 21.8 Å². The fourth-order valence-corrected chi connectivity index (χ4v) is 6.94. The molecule has 5 rings (SSSR count). The van der Waals surface area contributed by atoms with E-state index in [0.717, 1.165) is 36.2 Å². The molecule has 2 aromatic carbocycles. The van der Waals surface area contributed by atoms with Crippen molar-refractivity contribution in [2.75, 3.05) is 18.4 Å². The van der Waals surface area contributed by atoms with Crippen molar-refractivity contribution in [1.82, 2.24) is 9.29 Å². The summed E-state index contributed by atoms with van der Waals surface area (Å²) >= 11 is 1.37. The number of sulfonamides is 1. The summed E-state index contributed by atoms with van der Waals surface area (Å²) in [6, 6.07) is 11.2. The molecular weight excluding hydrogens is 473 g/mol. The standard InChI is InChI=1S/C25H26FN3O3S2/c26-21-9-11-22(12-10-21)34(31,32)29-13-3-6-20(15-29)24(30)28-25-27-23(16-33-25)19-8-7-17-4-1-2-5-18(17)14-19/h7-12,14,16,20H,1-6,13,15H2,(H,27,28,30). The maximum Gasteiger partial charge on any atom is 0.243 e. The van der Waals surface area contributed by atoms with Crippen LogP contribution >= 0.6 is 11.3 Å². The third kappa shape index (κ3) is 4.78. The van der Waals surface area contributed by atoms with Gasteiger partial charge in [0.1, 0.15) is 5.82 Å². The number of halogens is 1. The van der Waals surface area contributed by atoms with Crippen LogP contribution < -0.4 is 5.32 Å². The predicted octanol–water partition coefficient (Wildman–Crippen LogP) is 4.87. The van der Waals surface area contributed by atoms with Crippen LogP contribution in [0, 0.1) is 11.7 Å². The molecule has 9 heteroatoms. The molecule has 0 radical (unpaired) electrons. The number of piperidine rings is 1. The van der Waals surface area contributed by atoms with E-state index in [9.17, 15) is 17.6 Å². The average molecular weight is 500 g/mol. The normalized spacial score (nSPS) is 18.9. The van der Waals surface area contributed by atoms with E-state index in [1.165, 1.54) is 51.7 Å². The number of hydrogen-bond acceptors (Lipinski definition) is 5. The molecule has 1 unspecified atom stereocenters. The summed E-state index contributed by atoms with van der Waals surface area (Å²) in [6.45, 7) is 0.428.